The summed E-state index contributed by atoms with van der Waals surface area (Å²) in [6.07, 6.45) is 4.80. The molecule has 23 heavy (non-hydrogen) atoms. The van der Waals surface area contributed by atoms with Gasteiger partial charge in [0.25, 0.3) is 0 Å². The van der Waals surface area contributed by atoms with Crippen LogP contribution in [0.4, 0.5) is 0 Å². The third-order valence-electron chi connectivity index (χ3n) is 4.57. The van der Waals surface area contributed by atoms with Crippen LogP contribution in [0, 0.1) is 5.92 Å². The zero-order chi connectivity index (χ0) is 16.4. The molecule has 2 aromatic heterocycles. The van der Waals surface area contributed by atoms with Gasteiger partial charge in [0, 0.05) is 51.0 Å². The van der Waals surface area contributed by atoms with Crippen molar-refractivity contribution in [2.45, 2.75) is 26.8 Å². The van der Waals surface area contributed by atoms with E-state index in [2.05, 4.69) is 16.8 Å². The fourth-order valence-electron chi connectivity index (χ4n) is 2.94. The summed E-state index contributed by atoms with van der Waals surface area (Å²) in [5.74, 6) is 0.416. The smallest absolute Gasteiger partial charge is 0.225 e. The zero-order valence-electron chi connectivity index (χ0n) is 13.7. The first-order valence-electron chi connectivity index (χ1n) is 8.21. The van der Waals surface area contributed by atoms with Gasteiger partial charge in [0.1, 0.15) is 5.65 Å². The van der Waals surface area contributed by atoms with E-state index in [0.29, 0.717) is 5.02 Å². The summed E-state index contributed by atoms with van der Waals surface area (Å²) in [5.41, 5.74) is 1.95. The summed E-state index contributed by atoms with van der Waals surface area (Å²) in [4.78, 5) is 21.2. The van der Waals surface area contributed by atoms with Gasteiger partial charge in [-0.1, -0.05) is 25.4 Å². The number of carbonyl (C=O) groups is 1. The molecule has 5 nitrogen and oxygen atoms in total. The van der Waals surface area contributed by atoms with Crippen molar-refractivity contribution in [1.29, 1.82) is 0 Å². The van der Waals surface area contributed by atoms with Crippen LogP contribution in [0.5, 0.6) is 0 Å². The highest BCUT2D eigenvalue weighted by molar-refractivity contribution is 6.30. The number of hydrogen-bond acceptors (Lipinski definition) is 3. The molecule has 0 radical (unpaired) electrons. The van der Waals surface area contributed by atoms with E-state index in [1.807, 2.05) is 40.8 Å². The van der Waals surface area contributed by atoms with E-state index >= 15 is 0 Å². The van der Waals surface area contributed by atoms with Gasteiger partial charge in [0.2, 0.25) is 5.91 Å². The third-order valence-corrected chi connectivity index (χ3v) is 4.79. The molecule has 124 valence electrons. The molecule has 0 N–H and O–H groups in total. The average molecular weight is 335 g/mol. The normalized spacial score (nSPS) is 17.6. The van der Waals surface area contributed by atoms with E-state index in [1.165, 1.54) is 0 Å². The molecule has 0 spiro atoms. The highest BCUT2D eigenvalue weighted by atomic mass is 35.5. The fraction of sp³-hybridized carbons (Fsp3) is 0.529. The predicted molar refractivity (Wildman–Crippen MR) is 91.5 cm³/mol. The van der Waals surface area contributed by atoms with E-state index in [1.54, 1.807) is 0 Å². The SMILES string of the molecule is CC[C@@H](C)C(=O)N1CCN(Cc2cn3cc(Cl)ccc3n2)CC1. The first-order valence-corrected chi connectivity index (χ1v) is 8.59. The van der Waals surface area contributed by atoms with Gasteiger partial charge in [-0.2, -0.15) is 0 Å². The molecule has 1 aliphatic heterocycles. The van der Waals surface area contributed by atoms with Crippen LogP contribution >= 0.6 is 11.6 Å². The minimum Gasteiger partial charge on any atom is -0.340 e. The number of aromatic nitrogens is 2. The Morgan fingerprint density at radius 2 is 2.00 bits per heavy atom. The number of halogens is 1. The molecule has 6 heteroatoms. The van der Waals surface area contributed by atoms with E-state index in [0.717, 1.165) is 50.5 Å². The van der Waals surface area contributed by atoms with Crippen LogP contribution in [0.2, 0.25) is 5.02 Å². The van der Waals surface area contributed by atoms with Crippen molar-refractivity contribution < 1.29 is 4.79 Å². The van der Waals surface area contributed by atoms with Crippen molar-refractivity contribution in [2.75, 3.05) is 26.2 Å². The molecule has 1 atom stereocenters. The van der Waals surface area contributed by atoms with Crippen LogP contribution in [-0.2, 0) is 11.3 Å². The van der Waals surface area contributed by atoms with Gasteiger partial charge >= 0.3 is 0 Å². The second kappa shape index (κ2) is 6.89. The van der Waals surface area contributed by atoms with Crippen molar-refractivity contribution in [3.05, 3.63) is 35.2 Å². The minimum atomic E-state index is 0.129. The highest BCUT2D eigenvalue weighted by Gasteiger charge is 2.24. The van der Waals surface area contributed by atoms with Crippen LogP contribution in [0.25, 0.3) is 5.65 Å². The third kappa shape index (κ3) is 3.67. The maximum absolute atomic E-state index is 12.2. The van der Waals surface area contributed by atoms with Gasteiger partial charge in [-0.05, 0) is 18.6 Å². The lowest BCUT2D eigenvalue weighted by molar-refractivity contribution is -0.136. The molecule has 0 aliphatic carbocycles. The molecule has 0 bridgehead atoms. The number of imidazole rings is 1. The maximum atomic E-state index is 12.2. The zero-order valence-corrected chi connectivity index (χ0v) is 14.5. The number of amides is 1. The van der Waals surface area contributed by atoms with Crippen molar-refractivity contribution >= 4 is 23.2 Å². The van der Waals surface area contributed by atoms with Crippen molar-refractivity contribution in [3.63, 3.8) is 0 Å². The van der Waals surface area contributed by atoms with Gasteiger partial charge in [-0.25, -0.2) is 4.98 Å². The topological polar surface area (TPSA) is 40.9 Å². The Morgan fingerprint density at radius 1 is 1.26 bits per heavy atom. The largest absolute Gasteiger partial charge is 0.340 e. The molecular weight excluding hydrogens is 312 g/mol. The standard InChI is InChI=1S/C17H23ClN4O/c1-3-13(2)17(23)21-8-6-20(7-9-21)11-15-12-22-10-14(18)4-5-16(22)19-15/h4-5,10,12-13H,3,6-9,11H2,1-2H3/t13-/m1/s1. The van der Waals surface area contributed by atoms with E-state index < -0.39 is 0 Å². The molecule has 2 aromatic rings. The summed E-state index contributed by atoms with van der Waals surface area (Å²) in [6.45, 7) is 8.30. The molecule has 0 aromatic carbocycles. The van der Waals surface area contributed by atoms with Crippen molar-refractivity contribution in [1.82, 2.24) is 19.2 Å². The van der Waals surface area contributed by atoms with Crippen molar-refractivity contribution in [3.8, 4) is 0 Å². The molecule has 0 saturated carbocycles. The summed E-state index contributed by atoms with van der Waals surface area (Å²) >= 11 is 6.01. The molecule has 1 amide bonds. The van der Waals surface area contributed by atoms with Crippen LogP contribution < -0.4 is 0 Å². The summed E-state index contributed by atoms with van der Waals surface area (Å²) in [7, 11) is 0. The summed E-state index contributed by atoms with van der Waals surface area (Å²) in [6, 6.07) is 3.78. The maximum Gasteiger partial charge on any atom is 0.225 e. The minimum absolute atomic E-state index is 0.129. The highest BCUT2D eigenvalue weighted by Crippen LogP contribution is 2.15. The van der Waals surface area contributed by atoms with Crippen molar-refractivity contribution in [2.24, 2.45) is 5.92 Å². The second-order valence-corrected chi connectivity index (χ2v) is 6.69. The number of nitrogens with zero attached hydrogens (tertiary/aromatic N) is 4. The first kappa shape index (κ1) is 16.3. The monoisotopic (exact) mass is 334 g/mol. The first-order chi connectivity index (χ1) is 11.1. The molecule has 1 saturated heterocycles. The Balaban J connectivity index is 1.58. The van der Waals surface area contributed by atoms with Gasteiger partial charge in [-0.15, -0.1) is 0 Å². The Hall–Kier alpha value is -1.59. The molecule has 3 rings (SSSR count). The quantitative estimate of drug-likeness (QED) is 0.863. The molecule has 1 aliphatic rings. The molecule has 3 heterocycles. The molecule has 0 unspecified atom stereocenters. The molecular formula is C17H23ClN4O. The lowest BCUT2D eigenvalue weighted by Crippen LogP contribution is -2.49. The van der Waals surface area contributed by atoms with Crippen LogP contribution in [-0.4, -0.2) is 51.3 Å². The van der Waals surface area contributed by atoms with E-state index in [-0.39, 0.29) is 11.8 Å². The Morgan fingerprint density at radius 3 is 2.70 bits per heavy atom. The lowest BCUT2D eigenvalue weighted by Gasteiger charge is -2.35. The van der Waals surface area contributed by atoms with Gasteiger partial charge < -0.3 is 9.30 Å². The average Bonchev–Trinajstić information content (AvgIpc) is 2.95. The van der Waals surface area contributed by atoms with Gasteiger partial charge in [0.05, 0.1) is 10.7 Å². The Kier molecular flexibility index (Phi) is 4.87. The lowest BCUT2D eigenvalue weighted by atomic mass is 10.1. The number of fused-ring (bicyclic) bond motifs is 1. The fourth-order valence-corrected chi connectivity index (χ4v) is 3.10. The molecule has 1 fully saturated rings. The Bertz CT molecular complexity index is 691. The van der Waals surface area contributed by atoms with Crippen LogP contribution in [0.3, 0.4) is 0 Å². The van der Waals surface area contributed by atoms with E-state index in [9.17, 15) is 4.79 Å². The number of piperazine rings is 1. The Labute approximate surface area is 141 Å². The van der Waals surface area contributed by atoms with Crippen LogP contribution in [0.1, 0.15) is 26.0 Å². The van der Waals surface area contributed by atoms with Gasteiger partial charge in [-0.3, -0.25) is 9.69 Å². The number of rotatable bonds is 4. The predicted octanol–water partition coefficient (Wildman–Crippen LogP) is 2.68. The van der Waals surface area contributed by atoms with Crippen LogP contribution in [0.15, 0.2) is 24.5 Å². The summed E-state index contributed by atoms with van der Waals surface area (Å²) < 4.78 is 1.96. The number of carbonyl (C=O) groups excluding carboxylic acids is 1. The van der Waals surface area contributed by atoms with Gasteiger partial charge in [0.15, 0.2) is 0 Å². The number of pyridine rings is 1. The van der Waals surface area contributed by atoms with E-state index in [4.69, 9.17) is 11.6 Å². The second-order valence-electron chi connectivity index (χ2n) is 6.26. The summed E-state index contributed by atoms with van der Waals surface area (Å²) in [5, 5.41) is 0.707. The number of hydrogen-bond donors (Lipinski definition) is 0.